The molecule has 0 radical (unpaired) electrons. The molecule has 0 aliphatic heterocycles. The Morgan fingerprint density at radius 1 is 1.03 bits per heavy atom. The van der Waals surface area contributed by atoms with Crippen molar-refractivity contribution in [1.82, 2.24) is 5.32 Å². The van der Waals surface area contributed by atoms with Crippen LogP contribution in [-0.4, -0.2) is 39.7 Å². The summed E-state index contributed by atoms with van der Waals surface area (Å²) in [5.41, 5.74) is 0.426. The number of anilines is 1. The summed E-state index contributed by atoms with van der Waals surface area (Å²) in [4.78, 5) is 25.2. The van der Waals surface area contributed by atoms with Crippen molar-refractivity contribution in [2.24, 2.45) is 0 Å². The minimum Gasteiger partial charge on any atom is -0.497 e. The lowest BCUT2D eigenvalue weighted by Gasteiger charge is -2.12. The van der Waals surface area contributed by atoms with E-state index in [2.05, 4.69) is 10.6 Å². The molecule has 0 bridgehead atoms. The van der Waals surface area contributed by atoms with Crippen LogP contribution in [0.3, 0.4) is 0 Å². The summed E-state index contributed by atoms with van der Waals surface area (Å²) in [6.45, 7) is -0.262. The summed E-state index contributed by atoms with van der Waals surface area (Å²) in [5, 5.41) is 6.60. The van der Waals surface area contributed by atoms with Gasteiger partial charge in [-0.1, -0.05) is 29.3 Å². The van der Waals surface area contributed by atoms with E-state index in [4.69, 9.17) is 37.4 Å². The van der Waals surface area contributed by atoms with Crippen LogP contribution in [0.15, 0.2) is 30.3 Å². The van der Waals surface area contributed by atoms with Gasteiger partial charge in [0.1, 0.15) is 16.4 Å². The van der Waals surface area contributed by atoms with E-state index in [1.807, 2.05) is 0 Å². The van der Waals surface area contributed by atoms with Gasteiger partial charge in [0.15, 0.2) is 5.75 Å². The molecule has 0 aliphatic carbocycles. The third-order valence-electron chi connectivity index (χ3n) is 4.20. The minimum absolute atomic E-state index is 0.262. The Balaban J connectivity index is 1.73. The van der Waals surface area contributed by atoms with Crippen LogP contribution >= 0.6 is 34.5 Å². The topological polar surface area (TPSA) is 85.9 Å². The van der Waals surface area contributed by atoms with E-state index in [0.717, 1.165) is 11.3 Å². The van der Waals surface area contributed by atoms with Crippen molar-refractivity contribution in [3.8, 4) is 17.2 Å². The Morgan fingerprint density at radius 3 is 2.47 bits per heavy atom. The molecule has 2 amide bonds. The quantitative estimate of drug-likeness (QED) is 0.528. The van der Waals surface area contributed by atoms with Crippen molar-refractivity contribution in [1.29, 1.82) is 0 Å². The van der Waals surface area contributed by atoms with Gasteiger partial charge in [0, 0.05) is 11.5 Å². The molecular formula is C20H18Cl2N2O5S. The van der Waals surface area contributed by atoms with Crippen LogP contribution < -0.4 is 24.8 Å². The molecule has 3 aromatic rings. The molecule has 2 N–H and O–H groups in total. The van der Waals surface area contributed by atoms with Crippen molar-refractivity contribution < 1.29 is 23.8 Å². The second kappa shape index (κ2) is 9.42. The highest BCUT2D eigenvalue weighted by molar-refractivity contribution is 7.22. The molecule has 2 aromatic carbocycles. The standard InChI is InChI=1S/C20H18Cl2N2O5S/c1-27-10-4-7-14(28-2)13(8-10)24-15(25)9-23-20(26)19-16(22)11-5-6-12(21)17(29-3)18(11)30-19/h4-8H,9H2,1-3H3,(H,23,26)(H,24,25). The number of amides is 2. The predicted octanol–water partition coefficient (Wildman–Crippen LogP) is 4.60. The third kappa shape index (κ3) is 4.40. The van der Waals surface area contributed by atoms with Crippen LogP contribution in [0.25, 0.3) is 10.1 Å². The van der Waals surface area contributed by atoms with E-state index in [0.29, 0.717) is 38.0 Å². The monoisotopic (exact) mass is 468 g/mol. The predicted molar refractivity (Wildman–Crippen MR) is 119 cm³/mol. The summed E-state index contributed by atoms with van der Waals surface area (Å²) in [7, 11) is 4.50. The van der Waals surface area contributed by atoms with E-state index >= 15 is 0 Å². The summed E-state index contributed by atoms with van der Waals surface area (Å²) in [5.74, 6) is 0.551. The van der Waals surface area contributed by atoms with E-state index in [1.165, 1.54) is 21.3 Å². The fourth-order valence-corrected chi connectivity index (χ4v) is 4.61. The Hall–Kier alpha value is -2.68. The zero-order valence-corrected chi connectivity index (χ0v) is 18.6. The molecule has 0 saturated heterocycles. The fourth-order valence-electron chi connectivity index (χ4n) is 2.77. The number of carbonyl (C=O) groups excluding carboxylic acids is 2. The lowest BCUT2D eigenvalue weighted by atomic mass is 10.2. The van der Waals surface area contributed by atoms with Gasteiger partial charge in [-0.2, -0.15) is 0 Å². The second-order valence-corrected chi connectivity index (χ2v) is 7.81. The third-order valence-corrected chi connectivity index (χ3v) is 6.21. The zero-order chi connectivity index (χ0) is 21.8. The van der Waals surface area contributed by atoms with Crippen molar-refractivity contribution in [2.45, 2.75) is 0 Å². The van der Waals surface area contributed by atoms with Crippen molar-refractivity contribution in [2.75, 3.05) is 33.2 Å². The summed E-state index contributed by atoms with van der Waals surface area (Å²) in [6, 6.07) is 8.37. The van der Waals surface area contributed by atoms with Crippen LogP contribution in [-0.2, 0) is 4.79 Å². The van der Waals surface area contributed by atoms with E-state index in [-0.39, 0.29) is 16.4 Å². The Labute approximate surface area is 186 Å². The van der Waals surface area contributed by atoms with Crippen LogP contribution in [0.1, 0.15) is 9.67 Å². The van der Waals surface area contributed by atoms with Gasteiger partial charge in [-0.05, 0) is 18.2 Å². The van der Waals surface area contributed by atoms with Gasteiger partial charge >= 0.3 is 0 Å². The van der Waals surface area contributed by atoms with Gasteiger partial charge in [-0.25, -0.2) is 0 Å². The molecule has 10 heteroatoms. The first-order valence-electron chi connectivity index (χ1n) is 8.64. The Kier molecular flexibility index (Phi) is 6.91. The van der Waals surface area contributed by atoms with Gasteiger partial charge < -0.3 is 24.8 Å². The van der Waals surface area contributed by atoms with Crippen LogP contribution in [0.5, 0.6) is 17.2 Å². The molecule has 0 aliphatic rings. The van der Waals surface area contributed by atoms with Crippen LogP contribution in [0.2, 0.25) is 10.0 Å². The molecule has 1 heterocycles. The largest absolute Gasteiger partial charge is 0.497 e. The number of thiophene rings is 1. The molecule has 0 unspecified atom stereocenters. The highest BCUT2D eigenvalue weighted by Gasteiger charge is 2.21. The average Bonchev–Trinajstić information content (AvgIpc) is 3.08. The smallest absolute Gasteiger partial charge is 0.263 e. The number of ether oxygens (including phenoxy) is 3. The Morgan fingerprint density at radius 2 is 1.80 bits per heavy atom. The van der Waals surface area contributed by atoms with E-state index in [9.17, 15) is 9.59 Å². The van der Waals surface area contributed by atoms with E-state index < -0.39 is 11.8 Å². The molecule has 7 nitrogen and oxygen atoms in total. The first-order valence-corrected chi connectivity index (χ1v) is 10.2. The van der Waals surface area contributed by atoms with Gasteiger partial charge in [-0.3, -0.25) is 9.59 Å². The van der Waals surface area contributed by atoms with Gasteiger partial charge in [0.05, 0.1) is 48.3 Å². The molecule has 0 spiro atoms. The van der Waals surface area contributed by atoms with Crippen molar-refractivity contribution >= 4 is 62.1 Å². The summed E-state index contributed by atoms with van der Waals surface area (Å²) < 4.78 is 16.3. The van der Waals surface area contributed by atoms with Gasteiger partial charge in [-0.15, -0.1) is 11.3 Å². The maximum atomic E-state index is 12.6. The number of hydrogen-bond donors (Lipinski definition) is 2. The Bertz CT molecular complexity index is 1120. The number of hydrogen-bond acceptors (Lipinski definition) is 6. The number of fused-ring (bicyclic) bond motifs is 1. The normalized spacial score (nSPS) is 10.6. The minimum atomic E-state index is -0.480. The number of halogens is 2. The molecule has 1 aromatic heterocycles. The maximum absolute atomic E-state index is 12.6. The summed E-state index contributed by atoms with van der Waals surface area (Å²) >= 11 is 13.7. The lowest BCUT2D eigenvalue weighted by molar-refractivity contribution is -0.115. The highest BCUT2D eigenvalue weighted by atomic mass is 35.5. The number of carbonyl (C=O) groups is 2. The van der Waals surface area contributed by atoms with Crippen molar-refractivity contribution in [3.05, 3.63) is 45.3 Å². The molecule has 158 valence electrons. The zero-order valence-electron chi connectivity index (χ0n) is 16.3. The number of nitrogens with one attached hydrogen (secondary N) is 2. The van der Waals surface area contributed by atoms with Crippen LogP contribution in [0, 0.1) is 0 Å². The fraction of sp³-hybridized carbons (Fsp3) is 0.200. The second-order valence-electron chi connectivity index (χ2n) is 6.00. The highest BCUT2D eigenvalue weighted by Crippen LogP contribution is 2.43. The molecular weight excluding hydrogens is 451 g/mol. The number of methoxy groups -OCH3 is 3. The molecule has 0 saturated carbocycles. The molecule has 0 fully saturated rings. The SMILES string of the molecule is COc1ccc(OC)c(NC(=O)CNC(=O)c2sc3c(OC)c(Cl)ccc3c2Cl)c1. The maximum Gasteiger partial charge on any atom is 0.263 e. The average molecular weight is 469 g/mol. The first kappa shape index (κ1) is 22.0. The van der Waals surface area contributed by atoms with Gasteiger partial charge in [0.25, 0.3) is 5.91 Å². The van der Waals surface area contributed by atoms with E-state index in [1.54, 1.807) is 30.3 Å². The van der Waals surface area contributed by atoms with Crippen LogP contribution in [0.4, 0.5) is 5.69 Å². The summed E-state index contributed by atoms with van der Waals surface area (Å²) in [6.07, 6.45) is 0. The lowest BCUT2D eigenvalue weighted by Crippen LogP contribution is -2.32. The number of benzene rings is 2. The van der Waals surface area contributed by atoms with Gasteiger partial charge in [0.2, 0.25) is 5.91 Å². The number of rotatable bonds is 7. The first-order chi connectivity index (χ1) is 14.4. The molecule has 30 heavy (non-hydrogen) atoms. The molecule has 3 rings (SSSR count). The van der Waals surface area contributed by atoms with Crippen molar-refractivity contribution in [3.63, 3.8) is 0 Å². The molecule has 0 atom stereocenters.